The fourth-order valence-electron chi connectivity index (χ4n) is 3.33. The molecule has 2 aromatic carbocycles. The summed E-state index contributed by atoms with van der Waals surface area (Å²) in [5, 5.41) is 0.582. The van der Waals surface area contributed by atoms with Crippen molar-refractivity contribution in [3.63, 3.8) is 0 Å². The smallest absolute Gasteiger partial charge is 0.326 e. The number of fused-ring (bicyclic) bond motifs is 1. The van der Waals surface area contributed by atoms with Crippen molar-refractivity contribution in [2.24, 2.45) is 4.99 Å². The van der Waals surface area contributed by atoms with Gasteiger partial charge in [0.2, 0.25) is 5.75 Å². The van der Waals surface area contributed by atoms with E-state index in [1.54, 1.807) is 31.2 Å². The van der Waals surface area contributed by atoms with Crippen LogP contribution in [0.2, 0.25) is 10.0 Å². The van der Waals surface area contributed by atoms with Crippen molar-refractivity contribution >= 4 is 56.6 Å². The number of rotatable bonds is 10. The largest absolute Gasteiger partial charge is 0.490 e. The lowest BCUT2D eigenvalue weighted by Crippen LogP contribution is -2.23. The summed E-state index contributed by atoms with van der Waals surface area (Å²) in [5.41, 5.74) is 0.741. The number of thiazole rings is 1. The van der Waals surface area contributed by atoms with Crippen LogP contribution >= 0.6 is 34.5 Å². The monoisotopic (exact) mass is 540 g/mol. The van der Waals surface area contributed by atoms with E-state index >= 15 is 0 Å². The van der Waals surface area contributed by atoms with Crippen molar-refractivity contribution in [3.8, 4) is 17.2 Å². The van der Waals surface area contributed by atoms with Gasteiger partial charge in [-0.25, -0.2) is 0 Å². The number of esters is 1. The van der Waals surface area contributed by atoms with Gasteiger partial charge in [-0.3, -0.25) is 9.59 Å². The maximum Gasteiger partial charge on any atom is 0.326 e. The molecule has 0 aliphatic carbocycles. The first-order valence-corrected chi connectivity index (χ1v) is 12.7. The number of amides is 1. The number of aromatic nitrogens is 1. The Kier molecular flexibility index (Phi) is 9.42. The van der Waals surface area contributed by atoms with Gasteiger partial charge in [0, 0.05) is 5.56 Å². The minimum absolute atomic E-state index is 0.183. The quantitative estimate of drug-likeness (QED) is 0.315. The summed E-state index contributed by atoms with van der Waals surface area (Å²) < 4.78 is 24.5. The van der Waals surface area contributed by atoms with Crippen LogP contribution in [-0.2, 0) is 16.1 Å². The van der Waals surface area contributed by atoms with Gasteiger partial charge in [0.25, 0.3) is 5.91 Å². The summed E-state index contributed by atoms with van der Waals surface area (Å²) in [7, 11) is 0. The van der Waals surface area contributed by atoms with Crippen molar-refractivity contribution in [2.75, 3.05) is 26.4 Å². The Labute approximate surface area is 217 Å². The molecule has 188 valence electrons. The standard InChI is InChI=1S/C24H26Cl2N2O6S/c1-5-31-16-11-14(12-17(32-6-2)22(16)34-8-4)23(30)27-24-28(13-19(29)33-7-3)21-18(35-24)10-9-15(25)20(21)26/h9-12H,5-8,13H2,1-4H3. The molecule has 0 saturated carbocycles. The molecule has 1 heterocycles. The molecule has 0 radical (unpaired) electrons. The highest BCUT2D eigenvalue weighted by Crippen LogP contribution is 2.39. The third kappa shape index (κ3) is 6.09. The molecular formula is C24H26Cl2N2O6S. The van der Waals surface area contributed by atoms with E-state index in [0.29, 0.717) is 52.3 Å². The van der Waals surface area contributed by atoms with Gasteiger partial charge in [0.1, 0.15) is 6.54 Å². The zero-order valence-electron chi connectivity index (χ0n) is 19.9. The normalized spacial score (nSPS) is 11.5. The minimum Gasteiger partial charge on any atom is -0.490 e. The van der Waals surface area contributed by atoms with Crippen LogP contribution in [0.5, 0.6) is 17.2 Å². The Balaban J connectivity index is 2.17. The van der Waals surface area contributed by atoms with E-state index in [0.717, 1.165) is 0 Å². The number of halogens is 2. The second kappa shape index (κ2) is 12.3. The summed E-state index contributed by atoms with van der Waals surface area (Å²) in [4.78, 5) is 30.2. The summed E-state index contributed by atoms with van der Waals surface area (Å²) in [6.07, 6.45) is 0. The first-order valence-electron chi connectivity index (χ1n) is 11.1. The second-order valence-electron chi connectivity index (χ2n) is 7.00. The molecule has 8 nitrogen and oxygen atoms in total. The Morgan fingerprint density at radius 2 is 1.57 bits per heavy atom. The third-order valence-electron chi connectivity index (χ3n) is 4.68. The van der Waals surface area contributed by atoms with Crippen molar-refractivity contribution < 1.29 is 28.5 Å². The molecule has 11 heteroatoms. The van der Waals surface area contributed by atoms with Crippen LogP contribution < -0.4 is 19.0 Å². The molecule has 0 aliphatic rings. The van der Waals surface area contributed by atoms with Crippen LogP contribution in [-0.4, -0.2) is 42.9 Å². The summed E-state index contributed by atoms with van der Waals surface area (Å²) in [6, 6.07) is 6.54. The van der Waals surface area contributed by atoms with Crippen LogP contribution in [0.4, 0.5) is 0 Å². The SMILES string of the molecule is CCOC(=O)Cn1c(=NC(=O)c2cc(OCC)c(OCC)c(OCC)c2)sc2ccc(Cl)c(Cl)c21. The zero-order chi connectivity index (χ0) is 25.5. The summed E-state index contributed by atoms with van der Waals surface area (Å²) in [5.74, 6) is 0.138. The van der Waals surface area contributed by atoms with Gasteiger partial charge in [0.15, 0.2) is 16.3 Å². The van der Waals surface area contributed by atoms with E-state index in [1.807, 2.05) is 20.8 Å². The predicted molar refractivity (Wildman–Crippen MR) is 136 cm³/mol. The molecular weight excluding hydrogens is 515 g/mol. The van der Waals surface area contributed by atoms with E-state index in [4.69, 9.17) is 42.1 Å². The maximum absolute atomic E-state index is 13.3. The average molecular weight is 541 g/mol. The molecule has 0 saturated heterocycles. The number of ether oxygens (including phenoxy) is 4. The number of benzene rings is 2. The van der Waals surface area contributed by atoms with Crippen molar-refractivity contribution in [1.29, 1.82) is 0 Å². The molecule has 0 atom stereocenters. The summed E-state index contributed by atoms with van der Waals surface area (Å²) >= 11 is 13.9. The highest BCUT2D eigenvalue weighted by atomic mass is 35.5. The number of hydrogen-bond donors (Lipinski definition) is 0. The molecule has 0 fully saturated rings. The fourth-order valence-corrected chi connectivity index (χ4v) is 4.85. The van der Waals surface area contributed by atoms with Gasteiger partial charge < -0.3 is 23.5 Å². The lowest BCUT2D eigenvalue weighted by molar-refractivity contribution is -0.143. The molecule has 1 aromatic heterocycles. The lowest BCUT2D eigenvalue weighted by atomic mass is 10.1. The third-order valence-corrected chi connectivity index (χ3v) is 6.52. The Hall–Kier alpha value is -2.75. The van der Waals surface area contributed by atoms with Crippen molar-refractivity contribution in [2.45, 2.75) is 34.2 Å². The Morgan fingerprint density at radius 3 is 2.14 bits per heavy atom. The number of hydrogen-bond acceptors (Lipinski definition) is 7. The Morgan fingerprint density at radius 1 is 0.943 bits per heavy atom. The van der Waals surface area contributed by atoms with Crippen LogP contribution in [0, 0.1) is 0 Å². The number of nitrogens with zero attached hydrogens (tertiary/aromatic N) is 2. The van der Waals surface area contributed by atoms with Gasteiger partial charge in [-0.05, 0) is 52.0 Å². The van der Waals surface area contributed by atoms with E-state index in [9.17, 15) is 9.59 Å². The first-order chi connectivity index (χ1) is 16.8. The first kappa shape index (κ1) is 26.8. The molecule has 3 rings (SSSR count). The summed E-state index contributed by atoms with van der Waals surface area (Å²) in [6.45, 7) is 8.40. The van der Waals surface area contributed by atoms with Crippen LogP contribution in [0.1, 0.15) is 38.1 Å². The maximum atomic E-state index is 13.3. The van der Waals surface area contributed by atoms with Crippen LogP contribution in [0.3, 0.4) is 0 Å². The molecule has 0 aliphatic heterocycles. The molecule has 1 amide bonds. The average Bonchev–Trinajstić information content (AvgIpc) is 3.16. The molecule has 0 unspecified atom stereocenters. The highest BCUT2D eigenvalue weighted by molar-refractivity contribution is 7.16. The van der Waals surface area contributed by atoms with E-state index in [-0.39, 0.29) is 28.5 Å². The topological polar surface area (TPSA) is 88.4 Å². The van der Waals surface area contributed by atoms with Gasteiger partial charge in [-0.1, -0.05) is 34.5 Å². The molecule has 35 heavy (non-hydrogen) atoms. The predicted octanol–water partition coefficient (Wildman–Crippen LogP) is 5.51. The van der Waals surface area contributed by atoms with E-state index < -0.39 is 11.9 Å². The zero-order valence-corrected chi connectivity index (χ0v) is 22.2. The van der Waals surface area contributed by atoms with E-state index in [2.05, 4.69) is 4.99 Å². The second-order valence-corrected chi connectivity index (χ2v) is 8.80. The van der Waals surface area contributed by atoms with Crippen LogP contribution in [0.15, 0.2) is 29.3 Å². The van der Waals surface area contributed by atoms with Gasteiger partial charge >= 0.3 is 5.97 Å². The Bertz CT molecular complexity index is 1270. The molecule has 0 bridgehead atoms. The molecule has 3 aromatic rings. The lowest BCUT2D eigenvalue weighted by Gasteiger charge is -2.16. The molecule has 0 spiro atoms. The minimum atomic E-state index is -0.554. The van der Waals surface area contributed by atoms with Gasteiger partial charge in [-0.15, -0.1) is 0 Å². The van der Waals surface area contributed by atoms with Gasteiger partial charge in [-0.2, -0.15) is 4.99 Å². The van der Waals surface area contributed by atoms with Crippen LogP contribution in [0.25, 0.3) is 10.2 Å². The van der Waals surface area contributed by atoms with E-state index in [1.165, 1.54) is 15.9 Å². The number of carbonyl (C=O) groups excluding carboxylic acids is 2. The van der Waals surface area contributed by atoms with Crippen molar-refractivity contribution in [1.82, 2.24) is 4.57 Å². The molecule has 0 N–H and O–H groups in total. The van der Waals surface area contributed by atoms with Gasteiger partial charge in [0.05, 0.1) is 46.7 Å². The number of carbonyl (C=O) groups is 2. The van der Waals surface area contributed by atoms with Crippen molar-refractivity contribution in [3.05, 3.63) is 44.7 Å². The highest BCUT2D eigenvalue weighted by Gasteiger charge is 2.20. The fraction of sp³-hybridized carbons (Fsp3) is 0.375.